The highest BCUT2D eigenvalue weighted by Gasteiger charge is 2.45. The summed E-state index contributed by atoms with van der Waals surface area (Å²) < 4.78 is 4.93. The van der Waals surface area contributed by atoms with Gasteiger partial charge in [-0.25, -0.2) is 0 Å². The molecule has 2 rings (SSSR count). The van der Waals surface area contributed by atoms with Crippen molar-refractivity contribution in [3.8, 4) is 0 Å². The van der Waals surface area contributed by atoms with E-state index >= 15 is 0 Å². The normalized spacial score (nSPS) is 25.3. The first-order valence-corrected chi connectivity index (χ1v) is 6.30. The van der Waals surface area contributed by atoms with Crippen LogP contribution >= 0.6 is 0 Å². The first kappa shape index (κ1) is 13.3. The van der Waals surface area contributed by atoms with E-state index in [1.807, 2.05) is 0 Å². The van der Waals surface area contributed by atoms with Crippen LogP contribution in [0.4, 0.5) is 0 Å². The van der Waals surface area contributed by atoms with Crippen molar-refractivity contribution < 1.29 is 19.4 Å². The second-order valence-electron chi connectivity index (χ2n) is 5.16. The third-order valence-electron chi connectivity index (χ3n) is 3.70. The number of methoxy groups -OCH3 is 1. The Balaban J connectivity index is 1.83. The first-order valence-electron chi connectivity index (χ1n) is 6.30. The number of likely N-dealkylation sites (tertiary alicyclic amines) is 1. The minimum Gasteiger partial charge on any atom is -0.394 e. The number of rotatable bonds is 6. The monoisotopic (exact) mass is 256 g/mol. The molecule has 2 amide bonds. The average molecular weight is 256 g/mol. The number of nitrogens with one attached hydrogen (secondary N) is 1. The number of ether oxygens (including phenoxy) is 1. The van der Waals surface area contributed by atoms with Crippen LogP contribution in [0.15, 0.2) is 0 Å². The van der Waals surface area contributed by atoms with Gasteiger partial charge < -0.3 is 20.1 Å². The van der Waals surface area contributed by atoms with E-state index in [9.17, 15) is 9.59 Å². The molecule has 1 saturated carbocycles. The van der Waals surface area contributed by atoms with E-state index in [1.165, 1.54) is 0 Å². The zero-order chi connectivity index (χ0) is 13.2. The molecule has 18 heavy (non-hydrogen) atoms. The summed E-state index contributed by atoms with van der Waals surface area (Å²) in [5.41, 5.74) is -0.403. The van der Waals surface area contributed by atoms with Gasteiger partial charge in [0.1, 0.15) is 0 Å². The lowest BCUT2D eigenvalue weighted by Gasteiger charge is -2.18. The van der Waals surface area contributed by atoms with Crippen LogP contribution in [-0.4, -0.2) is 60.8 Å². The molecule has 6 heteroatoms. The number of hydrogen-bond acceptors (Lipinski definition) is 4. The van der Waals surface area contributed by atoms with Crippen molar-refractivity contribution >= 4 is 11.8 Å². The molecule has 6 nitrogen and oxygen atoms in total. The molecule has 1 unspecified atom stereocenters. The van der Waals surface area contributed by atoms with Crippen LogP contribution in [0.3, 0.4) is 0 Å². The fourth-order valence-electron chi connectivity index (χ4n) is 2.20. The number of amides is 2. The summed E-state index contributed by atoms with van der Waals surface area (Å²) in [6.07, 6.45) is 1.91. The third kappa shape index (κ3) is 2.81. The average Bonchev–Trinajstić information content (AvgIpc) is 3.03. The van der Waals surface area contributed by atoms with Crippen LogP contribution in [0.1, 0.15) is 19.3 Å². The van der Waals surface area contributed by atoms with E-state index in [0.717, 1.165) is 12.8 Å². The van der Waals surface area contributed by atoms with Crippen molar-refractivity contribution in [3.05, 3.63) is 0 Å². The molecule has 1 saturated heterocycles. The molecule has 2 N–H and O–H groups in total. The Kier molecular flexibility index (Phi) is 3.87. The summed E-state index contributed by atoms with van der Waals surface area (Å²) in [5.74, 6) is -0.408. The Morgan fingerprint density at radius 3 is 2.89 bits per heavy atom. The Morgan fingerprint density at radius 1 is 1.61 bits per heavy atom. The fourth-order valence-corrected chi connectivity index (χ4v) is 2.20. The molecule has 0 radical (unpaired) electrons. The van der Waals surface area contributed by atoms with Gasteiger partial charge in [0.25, 0.3) is 0 Å². The van der Waals surface area contributed by atoms with Gasteiger partial charge in [0.15, 0.2) is 0 Å². The minimum absolute atomic E-state index is 0.000968. The van der Waals surface area contributed by atoms with Gasteiger partial charge in [0, 0.05) is 26.6 Å². The van der Waals surface area contributed by atoms with Crippen LogP contribution in [0.25, 0.3) is 0 Å². The molecule has 0 aromatic carbocycles. The minimum atomic E-state index is -0.403. The van der Waals surface area contributed by atoms with E-state index in [0.29, 0.717) is 19.7 Å². The van der Waals surface area contributed by atoms with Crippen molar-refractivity contribution in [2.45, 2.75) is 24.8 Å². The first-order chi connectivity index (χ1) is 8.60. The lowest BCUT2D eigenvalue weighted by atomic mass is 10.1. The lowest BCUT2D eigenvalue weighted by Crippen LogP contribution is -2.43. The molecule has 0 bridgehead atoms. The molecule has 1 heterocycles. The number of aliphatic hydroxyl groups is 1. The number of nitrogens with zero attached hydrogens (tertiary/aromatic N) is 1. The van der Waals surface area contributed by atoms with Gasteiger partial charge in [-0.3, -0.25) is 9.59 Å². The number of aliphatic hydroxyl groups excluding tert-OH is 1. The van der Waals surface area contributed by atoms with E-state index in [2.05, 4.69) is 5.32 Å². The maximum Gasteiger partial charge on any atom is 0.225 e. The van der Waals surface area contributed by atoms with Crippen molar-refractivity contribution in [1.82, 2.24) is 10.2 Å². The molecule has 0 aromatic heterocycles. The summed E-state index contributed by atoms with van der Waals surface area (Å²) in [5, 5.41) is 12.0. The molecule has 0 aromatic rings. The van der Waals surface area contributed by atoms with Gasteiger partial charge in [-0.1, -0.05) is 0 Å². The number of carbonyl (C=O) groups is 2. The SMILES string of the molecule is COCCN1CC(C(=O)NC2(CO)CC2)CC1=O. The second-order valence-corrected chi connectivity index (χ2v) is 5.16. The maximum absolute atomic E-state index is 12.0. The molecular formula is C12H20N2O4. The molecule has 1 aliphatic carbocycles. The highest BCUT2D eigenvalue weighted by molar-refractivity contribution is 5.89. The van der Waals surface area contributed by atoms with Gasteiger partial charge in [-0.15, -0.1) is 0 Å². The molecule has 0 spiro atoms. The Labute approximate surface area is 106 Å². The summed E-state index contributed by atoms with van der Waals surface area (Å²) in [6.45, 7) is 1.45. The van der Waals surface area contributed by atoms with Crippen LogP contribution in [-0.2, 0) is 14.3 Å². The lowest BCUT2D eigenvalue weighted by molar-refractivity contribution is -0.129. The standard InChI is InChI=1S/C12H20N2O4/c1-18-5-4-14-7-9(6-10(14)16)11(17)13-12(8-15)2-3-12/h9,15H,2-8H2,1H3,(H,13,17). The predicted molar refractivity (Wildman–Crippen MR) is 63.8 cm³/mol. The van der Waals surface area contributed by atoms with Crippen LogP contribution < -0.4 is 5.32 Å². The highest BCUT2D eigenvalue weighted by atomic mass is 16.5. The third-order valence-corrected chi connectivity index (χ3v) is 3.70. The molecule has 102 valence electrons. The van der Waals surface area contributed by atoms with Crippen LogP contribution in [0.2, 0.25) is 0 Å². The van der Waals surface area contributed by atoms with Crippen LogP contribution in [0, 0.1) is 5.92 Å². The summed E-state index contributed by atoms with van der Waals surface area (Å²) in [7, 11) is 1.59. The fraction of sp³-hybridized carbons (Fsp3) is 0.833. The van der Waals surface area contributed by atoms with Gasteiger partial charge >= 0.3 is 0 Å². The molecular weight excluding hydrogens is 236 g/mol. The number of hydrogen-bond donors (Lipinski definition) is 2. The molecule has 2 fully saturated rings. The Hall–Kier alpha value is -1.14. The summed E-state index contributed by atoms with van der Waals surface area (Å²) in [6, 6.07) is 0. The summed E-state index contributed by atoms with van der Waals surface area (Å²) in [4.78, 5) is 25.3. The quantitative estimate of drug-likeness (QED) is 0.647. The smallest absolute Gasteiger partial charge is 0.225 e. The van der Waals surface area contributed by atoms with Crippen molar-refractivity contribution in [3.63, 3.8) is 0 Å². The van der Waals surface area contributed by atoms with Gasteiger partial charge in [0.2, 0.25) is 11.8 Å². The maximum atomic E-state index is 12.0. The van der Waals surface area contributed by atoms with Crippen molar-refractivity contribution in [2.75, 3.05) is 33.4 Å². The second kappa shape index (κ2) is 5.24. The molecule has 2 aliphatic rings. The number of carbonyl (C=O) groups excluding carboxylic acids is 2. The zero-order valence-electron chi connectivity index (χ0n) is 10.6. The van der Waals surface area contributed by atoms with Crippen molar-refractivity contribution in [2.24, 2.45) is 5.92 Å². The van der Waals surface area contributed by atoms with Gasteiger partial charge in [-0.05, 0) is 12.8 Å². The topological polar surface area (TPSA) is 78.9 Å². The highest BCUT2D eigenvalue weighted by Crippen LogP contribution is 2.35. The Morgan fingerprint density at radius 2 is 2.33 bits per heavy atom. The van der Waals surface area contributed by atoms with Crippen molar-refractivity contribution in [1.29, 1.82) is 0 Å². The largest absolute Gasteiger partial charge is 0.394 e. The van der Waals surface area contributed by atoms with E-state index in [4.69, 9.17) is 9.84 Å². The molecule has 1 atom stereocenters. The van der Waals surface area contributed by atoms with Gasteiger partial charge in [0.05, 0.1) is 24.7 Å². The summed E-state index contributed by atoms with van der Waals surface area (Å²) >= 11 is 0. The van der Waals surface area contributed by atoms with E-state index in [1.54, 1.807) is 12.0 Å². The van der Waals surface area contributed by atoms with Gasteiger partial charge in [-0.2, -0.15) is 0 Å². The van der Waals surface area contributed by atoms with E-state index < -0.39 is 5.54 Å². The zero-order valence-corrected chi connectivity index (χ0v) is 10.6. The predicted octanol–water partition coefficient (Wildman–Crippen LogP) is -0.878. The molecule has 1 aliphatic heterocycles. The Bertz CT molecular complexity index is 341. The van der Waals surface area contributed by atoms with E-state index in [-0.39, 0.29) is 30.8 Å². The van der Waals surface area contributed by atoms with Crippen LogP contribution in [0.5, 0.6) is 0 Å².